The standard InChI is InChI=1S/C19H19Cl2N3O3S/c1-11(16-7-6-14(20)9-17(16)21)23-19(28)24-22-10-13-4-3-5-15(8-13)27-12(2)18(25)26/h3-12H,1-2H3,(H,25,26)(H2,23,24,28)/b22-10+. The lowest BCUT2D eigenvalue weighted by atomic mass is 10.1. The van der Waals surface area contributed by atoms with Gasteiger partial charge in [0, 0.05) is 10.0 Å². The number of carboxylic acids is 1. The SMILES string of the molecule is CC(Oc1cccc(/C=N/NC(=S)NC(C)c2ccc(Cl)cc2Cl)c1)C(=O)O. The number of carbonyl (C=O) groups is 1. The second-order valence-corrected chi connectivity index (χ2v) is 7.15. The minimum Gasteiger partial charge on any atom is -0.479 e. The average molecular weight is 440 g/mol. The Kier molecular flexibility index (Phi) is 8.04. The van der Waals surface area contributed by atoms with Gasteiger partial charge in [-0.1, -0.05) is 41.4 Å². The molecule has 6 nitrogen and oxygen atoms in total. The smallest absolute Gasteiger partial charge is 0.344 e. The summed E-state index contributed by atoms with van der Waals surface area (Å²) >= 11 is 17.3. The Morgan fingerprint density at radius 3 is 2.68 bits per heavy atom. The summed E-state index contributed by atoms with van der Waals surface area (Å²) < 4.78 is 5.32. The molecule has 148 valence electrons. The van der Waals surface area contributed by atoms with Gasteiger partial charge in [-0.05, 0) is 61.5 Å². The molecule has 28 heavy (non-hydrogen) atoms. The van der Waals surface area contributed by atoms with Gasteiger partial charge in [0.05, 0.1) is 12.3 Å². The summed E-state index contributed by atoms with van der Waals surface area (Å²) in [6.07, 6.45) is 0.606. The summed E-state index contributed by atoms with van der Waals surface area (Å²) in [5.74, 6) is -0.599. The summed E-state index contributed by atoms with van der Waals surface area (Å²) in [7, 11) is 0. The fourth-order valence-electron chi connectivity index (χ4n) is 2.25. The van der Waals surface area contributed by atoms with E-state index in [2.05, 4.69) is 15.8 Å². The van der Waals surface area contributed by atoms with E-state index in [4.69, 9.17) is 45.3 Å². The predicted octanol–water partition coefficient (Wildman–Crippen LogP) is 4.40. The van der Waals surface area contributed by atoms with Crippen LogP contribution in [0.5, 0.6) is 5.75 Å². The molecule has 0 fully saturated rings. The van der Waals surface area contributed by atoms with Gasteiger partial charge in [0.2, 0.25) is 0 Å². The molecule has 2 unspecified atom stereocenters. The molecular weight excluding hydrogens is 421 g/mol. The van der Waals surface area contributed by atoms with Gasteiger partial charge in [0.15, 0.2) is 11.2 Å². The fraction of sp³-hybridized carbons (Fsp3) is 0.211. The second-order valence-electron chi connectivity index (χ2n) is 5.90. The molecule has 0 saturated carbocycles. The van der Waals surface area contributed by atoms with Crippen LogP contribution in [0, 0.1) is 0 Å². The highest BCUT2D eigenvalue weighted by Gasteiger charge is 2.12. The number of rotatable bonds is 7. The number of nitrogens with one attached hydrogen (secondary N) is 2. The molecule has 0 amide bonds. The van der Waals surface area contributed by atoms with Gasteiger partial charge in [-0.15, -0.1) is 0 Å². The largest absolute Gasteiger partial charge is 0.479 e. The van der Waals surface area contributed by atoms with Crippen molar-refractivity contribution in [1.29, 1.82) is 0 Å². The van der Waals surface area contributed by atoms with Crippen molar-refractivity contribution in [2.45, 2.75) is 26.0 Å². The molecule has 0 heterocycles. The summed E-state index contributed by atoms with van der Waals surface area (Å²) in [5.41, 5.74) is 4.31. The molecule has 0 aliphatic heterocycles. The van der Waals surface area contributed by atoms with Crippen LogP contribution in [-0.4, -0.2) is 28.5 Å². The van der Waals surface area contributed by atoms with E-state index < -0.39 is 12.1 Å². The minimum absolute atomic E-state index is 0.144. The van der Waals surface area contributed by atoms with Crippen molar-refractivity contribution in [3.63, 3.8) is 0 Å². The summed E-state index contributed by atoms with van der Waals surface area (Å²) in [5, 5.41) is 17.5. The monoisotopic (exact) mass is 439 g/mol. The van der Waals surface area contributed by atoms with Gasteiger partial charge in [0.25, 0.3) is 0 Å². The van der Waals surface area contributed by atoms with Crippen molar-refractivity contribution < 1.29 is 14.6 Å². The Labute approximate surface area is 178 Å². The van der Waals surface area contributed by atoms with Gasteiger partial charge in [0.1, 0.15) is 5.75 Å². The first-order chi connectivity index (χ1) is 13.3. The number of benzene rings is 2. The first-order valence-corrected chi connectivity index (χ1v) is 9.46. The zero-order valence-corrected chi connectivity index (χ0v) is 17.5. The highest BCUT2D eigenvalue weighted by atomic mass is 35.5. The third-order valence-electron chi connectivity index (χ3n) is 3.68. The van der Waals surface area contributed by atoms with Gasteiger partial charge < -0.3 is 15.2 Å². The molecule has 0 radical (unpaired) electrons. The Bertz CT molecular complexity index is 892. The van der Waals surface area contributed by atoms with Crippen LogP contribution in [-0.2, 0) is 4.79 Å². The van der Waals surface area contributed by atoms with E-state index in [1.165, 1.54) is 6.92 Å². The van der Waals surface area contributed by atoms with E-state index >= 15 is 0 Å². The molecule has 0 spiro atoms. The Morgan fingerprint density at radius 1 is 1.25 bits per heavy atom. The van der Waals surface area contributed by atoms with E-state index in [1.54, 1.807) is 42.6 Å². The number of hydrazone groups is 1. The maximum absolute atomic E-state index is 10.9. The first kappa shape index (κ1) is 21.9. The Morgan fingerprint density at radius 2 is 2.00 bits per heavy atom. The molecule has 0 saturated heterocycles. The van der Waals surface area contributed by atoms with Crippen LogP contribution in [0.4, 0.5) is 0 Å². The third kappa shape index (κ3) is 6.67. The maximum Gasteiger partial charge on any atom is 0.344 e. The lowest BCUT2D eigenvalue weighted by molar-refractivity contribution is -0.144. The molecule has 0 aliphatic carbocycles. The lowest BCUT2D eigenvalue weighted by Crippen LogP contribution is -2.34. The molecule has 0 aliphatic rings. The highest BCUT2D eigenvalue weighted by molar-refractivity contribution is 7.80. The number of carboxylic acid groups (broad SMARTS) is 1. The normalized spacial score (nSPS) is 13.0. The molecule has 0 bridgehead atoms. The van der Waals surface area contributed by atoms with E-state index in [0.29, 0.717) is 20.9 Å². The van der Waals surface area contributed by atoms with Gasteiger partial charge in [-0.2, -0.15) is 5.10 Å². The molecule has 9 heteroatoms. The zero-order valence-electron chi connectivity index (χ0n) is 15.1. The molecule has 3 N–H and O–H groups in total. The summed E-state index contributed by atoms with van der Waals surface area (Å²) in [6, 6.07) is 12.0. The number of thiocarbonyl (C=S) groups is 1. The number of aliphatic carboxylic acids is 1. The van der Waals surface area contributed by atoms with Crippen LogP contribution in [0.15, 0.2) is 47.6 Å². The molecule has 2 atom stereocenters. The molecule has 2 aromatic rings. The number of nitrogens with zero attached hydrogens (tertiary/aromatic N) is 1. The van der Waals surface area contributed by atoms with E-state index in [0.717, 1.165) is 11.1 Å². The van der Waals surface area contributed by atoms with Gasteiger partial charge in [-0.3, -0.25) is 5.43 Å². The van der Waals surface area contributed by atoms with Crippen LogP contribution in [0.1, 0.15) is 31.0 Å². The van der Waals surface area contributed by atoms with Crippen LogP contribution in [0.25, 0.3) is 0 Å². The molecule has 2 rings (SSSR count). The average Bonchev–Trinajstić information content (AvgIpc) is 2.61. The minimum atomic E-state index is -1.04. The molecule has 2 aromatic carbocycles. The third-order valence-corrected chi connectivity index (χ3v) is 4.45. The lowest BCUT2D eigenvalue weighted by Gasteiger charge is -2.17. The predicted molar refractivity (Wildman–Crippen MR) is 116 cm³/mol. The van der Waals surface area contributed by atoms with Crippen molar-refractivity contribution >= 4 is 52.7 Å². The number of hydrogen-bond acceptors (Lipinski definition) is 4. The van der Waals surface area contributed by atoms with Crippen LogP contribution in [0.3, 0.4) is 0 Å². The van der Waals surface area contributed by atoms with E-state index in [1.807, 2.05) is 13.0 Å². The van der Waals surface area contributed by atoms with Crippen molar-refractivity contribution in [3.8, 4) is 5.75 Å². The molecular formula is C19H19Cl2N3O3S. The van der Waals surface area contributed by atoms with Crippen LogP contribution >= 0.6 is 35.4 Å². The quantitative estimate of drug-likeness (QED) is 0.336. The first-order valence-electron chi connectivity index (χ1n) is 8.30. The van der Waals surface area contributed by atoms with Crippen molar-refractivity contribution in [1.82, 2.24) is 10.7 Å². The zero-order chi connectivity index (χ0) is 20.7. The topological polar surface area (TPSA) is 83.0 Å². The maximum atomic E-state index is 10.9. The van der Waals surface area contributed by atoms with E-state index in [9.17, 15) is 4.79 Å². The number of halogens is 2. The summed E-state index contributed by atoms with van der Waals surface area (Å²) in [6.45, 7) is 3.38. The van der Waals surface area contributed by atoms with Gasteiger partial charge in [-0.25, -0.2) is 4.79 Å². The summed E-state index contributed by atoms with van der Waals surface area (Å²) in [4.78, 5) is 10.9. The van der Waals surface area contributed by atoms with Crippen LogP contribution in [0.2, 0.25) is 10.0 Å². The van der Waals surface area contributed by atoms with Crippen molar-refractivity contribution in [2.24, 2.45) is 5.10 Å². The fourth-order valence-corrected chi connectivity index (χ4v) is 3.05. The molecule has 0 aromatic heterocycles. The number of hydrogen-bond donors (Lipinski definition) is 3. The Hall–Kier alpha value is -2.35. The number of ether oxygens (including phenoxy) is 1. The highest BCUT2D eigenvalue weighted by Crippen LogP contribution is 2.26. The van der Waals surface area contributed by atoms with E-state index in [-0.39, 0.29) is 6.04 Å². The van der Waals surface area contributed by atoms with Crippen molar-refractivity contribution in [2.75, 3.05) is 0 Å². The Balaban J connectivity index is 1.91. The van der Waals surface area contributed by atoms with Crippen LogP contribution < -0.4 is 15.5 Å². The second kappa shape index (κ2) is 10.3. The van der Waals surface area contributed by atoms with Crippen molar-refractivity contribution in [3.05, 3.63) is 63.6 Å². The van der Waals surface area contributed by atoms with Gasteiger partial charge >= 0.3 is 5.97 Å².